The number of piperidine rings is 1. The van der Waals surface area contributed by atoms with E-state index in [4.69, 9.17) is 5.73 Å². The fourth-order valence-corrected chi connectivity index (χ4v) is 4.65. The molecule has 1 unspecified atom stereocenters. The first kappa shape index (κ1) is 18.8. The van der Waals surface area contributed by atoms with E-state index in [2.05, 4.69) is 14.8 Å². The predicted octanol–water partition coefficient (Wildman–Crippen LogP) is 2.95. The molecule has 1 spiro atoms. The van der Waals surface area contributed by atoms with Crippen molar-refractivity contribution in [2.75, 3.05) is 31.1 Å². The average molecular weight is 386 g/mol. The molecule has 0 radical (unpaired) electrons. The molecule has 0 saturated carbocycles. The smallest absolute Gasteiger partial charge is 0.252 e. The Hall–Kier alpha value is -2.54. The van der Waals surface area contributed by atoms with Gasteiger partial charge in [-0.1, -0.05) is 12.1 Å². The molecule has 4 rings (SSSR count). The van der Waals surface area contributed by atoms with Crippen molar-refractivity contribution in [3.8, 4) is 0 Å². The van der Waals surface area contributed by atoms with Crippen molar-refractivity contribution < 1.29 is 13.6 Å². The maximum Gasteiger partial charge on any atom is 0.252 e. The first-order valence-electron chi connectivity index (χ1n) is 9.62. The van der Waals surface area contributed by atoms with E-state index in [0.717, 1.165) is 51.5 Å². The van der Waals surface area contributed by atoms with Crippen molar-refractivity contribution in [2.24, 2.45) is 11.1 Å². The summed E-state index contributed by atoms with van der Waals surface area (Å²) in [4.78, 5) is 20.5. The lowest BCUT2D eigenvalue weighted by molar-refractivity contribution is 0.0977. The van der Waals surface area contributed by atoms with Crippen LogP contribution >= 0.6 is 0 Å². The Kier molecular flexibility index (Phi) is 5.02. The minimum Gasteiger partial charge on any atom is -0.365 e. The van der Waals surface area contributed by atoms with Gasteiger partial charge in [-0.3, -0.25) is 9.69 Å². The SMILES string of the molecule is NC(=O)c1cccnc1N1CCC2(CCCN(Cc3cccc(F)c3F)C2)C1. The van der Waals surface area contributed by atoms with Crippen molar-refractivity contribution >= 4 is 11.7 Å². The van der Waals surface area contributed by atoms with Gasteiger partial charge in [0.05, 0.1) is 5.56 Å². The van der Waals surface area contributed by atoms with E-state index in [-0.39, 0.29) is 5.41 Å². The van der Waals surface area contributed by atoms with Crippen molar-refractivity contribution in [1.82, 2.24) is 9.88 Å². The molecule has 7 heteroatoms. The molecular weight excluding hydrogens is 362 g/mol. The van der Waals surface area contributed by atoms with Gasteiger partial charge in [0.15, 0.2) is 11.6 Å². The molecule has 2 aromatic rings. The van der Waals surface area contributed by atoms with E-state index < -0.39 is 17.5 Å². The van der Waals surface area contributed by atoms with Crippen LogP contribution < -0.4 is 10.6 Å². The predicted molar refractivity (Wildman–Crippen MR) is 103 cm³/mol. The standard InChI is InChI=1S/C21H24F2N4O/c22-17-6-1-4-15(18(17)23)12-26-10-3-7-21(13-26)8-11-27(14-21)20-16(19(24)28)5-2-9-25-20/h1-2,4-6,9H,3,7-8,10-14H2,(H2,24,28). The van der Waals surface area contributed by atoms with Gasteiger partial charge in [0.2, 0.25) is 0 Å². The molecule has 2 saturated heterocycles. The molecule has 1 aromatic carbocycles. The Morgan fingerprint density at radius 1 is 1.14 bits per heavy atom. The number of hydrogen-bond acceptors (Lipinski definition) is 4. The summed E-state index contributed by atoms with van der Waals surface area (Å²) >= 11 is 0. The number of carbonyl (C=O) groups excluding carboxylic acids is 1. The van der Waals surface area contributed by atoms with Gasteiger partial charge in [-0.05, 0) is 44.0 Å². The van der Waals surface area contributed by atoms with Crippen LogP contribution in [0.2, 0.25) is 0 Å². The van der Waals surface area contributed by atoms with E-state index in [1.165, 1.54) is 0 Å². The minimum absolute atomic E-state index is 0.0640. The summed E-state index contributed by atoms with van der Waals surface area (Å²) in [5, 5.41) is 0. The lowest BCUT2D eigenvalue weighted by Crippen LogP contribution is -2.44. The maximum atomic E-state index is 14.1. The van der Waals surface area contributed by atoms with Gasteiger partial charge in [-0.2, -0.15) is 0 Å². The van der Waals surface area contributed by atoms with Crippen LogP contribution in [-0.2, 0) is 6.54 Å². The lowest BCUT2D eigenvalue weighted by atomic mass is 9.79. The van der Waals surface area contributed by atoms with E-state index in [9.17, 15) is 13.6 Å². The number of likely N-dealkylation sites (tertiary alicyclic amines) is 1. The van der Waals surface area contributed by atoms with Gasteiger partial charge < -0.3 is 10.6 Å². The number of aromatic nitrogens is 1. The lowest BCUT2D eigenvalue weighted by Gasteiger charge is -2.40. The number of anilines is 1. The zero-order valence-electron chi connectivity index (χ0n) is 15.7. The summed E-state index contributed by atoms with van der Waals surface area (Å²) in [6.45, 7) is 3.68. The minimum atomic E-state index is -0.801. The first-order valence-corrected chi connectivity index (χ1v) is 9.62. The number of amides is 1. The van der Waals surface area contributed by atoms with Crippen LogP contribution in [0.3, 0.4) is 0 Å². The summed E-state index contributed by atoms with van der Waals surface area (Å²) < 4.78 is 27.6. The van der Waals surface area contributed by atoms with Crippen molar-refractivity contribution in [3.63, 3.8) is 0 Å². The number of rotatable bonds is 4. The largest absolute Gasteiger partial charge is 0.365 e. The fourth-order valence-electron chi connectivity index (χ4n) is 4.65. The zero-order valence-corrected chi connectivity index (χ0v) is 15.7. The zero-order chi connectivity index (χ0) is 19.7. The Morgan fingerprint density at radius 3 is 2.82 bits per heavy atom. The number of nitrogens with zero attached hydrogens (tertiary/aromatic N) is 3. The molecule has 2 aliphatic heterocycles. The Morgan fingerprint density at radius 2 is 2.00 bits per heavy atom. The molecule has 5 nitrogen and oxygen atoms in total. The molecule has 1 aromatic heterocycles. The van der Waals surface area contributed by atoms with E-state index in [1.54, 1.807) is 30.5 Å². The second-order valence-electron chi connectivity index (χ2n) is 7.94. The van der Waals surface area contributed by atoms with Gasteiger partial charge >= 0.3 is 0 Å². The number of primary amides is 1. The average Bonchev–Trinajstić information content (AvgIpc) is 3.08. The van der Waals surface area contributed by atoms with Gasteiger partial charge in [0, 0.05) is 43.4 Å². The molecule has 0 aliphatic carbocycles. The highest BCUT2D eigenvalue weighted by Crippen LogP contribution is 2.41. The third kappa shape index (κ3) is 3.58. The van der Waals surface area contributed by atoms with Gasteiger partial charge in [0.1, 0.15) is 5.82 Å². The number of benzene rings is 1. The van der Waals surface area contributed by atoms with Crippen molar-refractivity contribution in [3.05, 3.63) is 59.3 Å². The molecule has 3 heterocycles. The number of carbonyl (C=O) groups is 1. The highest BCUT2D eigenvalue weighted by Gasteiger charge is 2.42. The fraction of sp³-hybridized carbons (Fsp3) is 0.429. The van der Waals surface area contributed by atoms with Crippen molar-refractivity contribution in [2.45, 2.75) is 25.8 Å². The Bertz CT molecular complexity index is 890. The normalized spacial score (nSPS) is 22.7. The van der Waals surface area contributed by atoms with Crippen molar-refractivity contribution in [1.29, 1.82) is 0 Å². The van der Waals surface area contributed by atoms with E-state index >= 15 is 0 Å². The van der Waals surface area contributed by atoms with Crippen LogP contribution in [0.5, 0.6) is 0 Å². The van der Waals surface area contributed by atoms with Gasteiger partial charge in [0.25, 0.3) is 5.91 Å². The van der Waals surface area contributed by atoms with Crippen LogP contribution in [0.15, 0.2) is 36.5 Å². The number of halogens is 2. The molecule has 2 fully saturated rings. The second kappa shape index (κ2) is 7.47. The third-order valence-corrected chi connectivity index (χ3v) is 5.96. The molecule has 2 aliphatic rings. The molecule has 28 heavy (non-hydrogen) atoms. The van der Waals surface area contributed by atoms with Crippen LogP contribution in [-0.4, -0.2) is 42.0 Å². The van der Waals surface area contributed by atoms with Gasteiger partial charge in [-0.15, -0.1) is 0 Å². The van der Waals surface area contributed by atoms with E-state index in [1.807, 2.05) is 0 Å². The topological polar surface area (TPSA) is 62.5 Å². The molecule has 1 amide bonds. The Labute approximate surface area is 163 Å². The number of nitrogens with two attached hydrogens (primary N) is 1. The summed E-state index contributed by atoms with van der Waals surface area (Å²) in [6.07, 6.45) is 4.73. The summed E-state index contributed by atoms with van der Waals surface area (Å²) in [5.41, 5.74) is 6.41. The summed E-state index contributed by atoms with van der Waals surface area (Å²) in [6, 6.07) is 7.76. The summed E-state index contributed by atoms with van der Waals surface area (Å²) in [7, 11) is 0. The first-order chi connectivity index (χ1) is 13.5. The molecule has 148 valence electrons. The van der Waals surface area contributed by atoms with E-state index in [0.29, 0.717) is 23.5 Å². The third-order valence-electron chi connectivity index (χ3n) is 5.96. The van der Waals surface area contributed by atoms with Gasteiger partial charge in [-0.25, -0.2) is 13.8 Å². The highest BCUT2D eigenvalue weighted by atomic mass is 19.2. The van der Waals surface area contributed by atoms with Crippen LogP contribution in [0.1, 0.15) is 35.2 Å². The number of pyridine rings is 1. The highest BCUT2D eigenvalue weighted by molar-refractivity contribution is 5.97. The summed E-state index contributed by atoms with van der Waals surface area (Å²) in [5.74, 6) is -1.39. The molecule has 2 N–H and O–H groups in total. The van der Waals surface area contributed by atoms with Crippen LogP contribution in [0.25, 0.3) is 0 Å². The van der Waals surface area contributed by atoms with Crippen LogP contribution in [0, 0.1) is 17.0 Å². The molecule has 0 bridgehead atoms. The molecule has 1 atom stereocenters. The second-order valence-corrected chi connectivity index (χ2v) is 7.94. The molecular formula is C21H24F2N4O. The Balaban J connectivity index is 1.49. The van der Waals surface area contributed by atoms with Crippen LogP contribution in [0.4, 0.5) is 14.6 Å². The quantitative estimate of drug-likeness (QED) is 0.878. The maximum absolute atomic E-state index is 14.1. The number of hydrogen-bond donors (Lipinski definition) is 1. The monoisotopic (exact) mass is 386 g/mol.